The minimum Gasteiger partial charge on any atom is -0.342 e. The smallest absolute Gasteiger partial charge is 0.251 e. The van der Waals surface area contributed by atoms with Gasteiger partial charge in [-0.1, -0.05) is 36.4 Å². The molecule has 0 radical (unpaired) electrons. The second-order valence-electron chi connectivity index (χ2n) is 4.87. The molecule has 0 spiro atoms. The monoisotopic (exact) mass is 258 g/mol. The van der Waals surface area contributed by atoms with Gasteiger partial charge in [-0.3, -0.25) is 9.59 Å². The van der Waals surface area contributed by atoms with Gasteiger partial charge in [0.15, 0.2) is 0 Å². The van der Waals surface area contributed by atoms with Crippen molar-refractivity contribution in [3.05, 3.63) is 48.6 Å². The third kappa shape index (κ3) is 2.03. The highest BCUT2D eigenvalue weighted by atomic mass is 16.2. The molecule has 1 fully saturated rings. The molecule has 0 saturated carbocycles. The Kier molecular flexibility index (Phi) is 3.42. The zero-order chi connectivity index (χ0) is 14.0. The van der Waals surface area contributed by atoms with Crippen molar-refractivity contribution in [1.29, 1.82) is 0 Å². The van der Waals surface area contributed by atoms with Crippen LogP contribution in [0.1, 0.15) is 19.4 Å². The van der Waals surface area contributed by atoms with Gasteiger partial charge >= 0.3 is 0 Å². The maximum absolute atomic E-state index is 12.4. The van der Waals surface area contributed by atoms with E-state index in [1.54, 1.807) is 24.8 Å². The van der Waals surface area contributed by atoms with Gasteiger partial charge in [0.05, 0.1) is 0 Å². The summed E-state index contributed by atoms with van der Waals surface area (Å²) in [4.78, 5) is 26.3. The van der Waals surface area contributed by atoms with E-state index in [0.717, 1.165) is 5.56 Å². The van der Waals surface area contributed by atoms with Crippen LogP contribution in [0.4, 0.5) is 0 Å². The second kappa shape index (κ2) is 4.88. The van der Waals surface area contributed by atoms with Crippen LogP contribution in [0.2, 0.25) is 0 Å². The van der Waals surface area contributed by atoms with E-state index in [2.05, 4.69) is 11.9 Å². The molecule has 1 aliphatic rings. The molecule has 19 heavy (non-hydrogen) atoms. The van der Waals surface area contributed by atoms with Gasteiger partial charge in [-0.25, -0.2) is 0 Å². The van der Waals surface area contributed by atoms with Crippen molar-refractivity contribution in [3.8, 4) is 0 Å². The highest BCUT2D eigenvalue weighted by Crippen LogP contribution is 2.32. The third-order valence-corrected chi connectivity index (χ3v) is 3.61. The van der Waals surface area contributed by atoms with E-state index < -0.39 is 11.6 Å². The van der Waals surface area contributed by atoms with E-state index >= 15 is 0 Å². The van der Waals surface area contributed by atoms with Gasteiger partial charge in [0, 0.05) is 6.54 Å². The molecule has 1 heterocycles. The van der Waals surface area contributed by atoms with Crippen molar-refractivity contribution in [2.24, 2.45) is 0 Å². The quantitative estimate of drug-likeness (QED) is 0.834. The van der Waals surface area contributed by atoms with Crippen LogP contribution in [-0.4, -0.2) is 29.3 Å². The number of rotatable bonds is 3. The summed E-state index contributed by atoms with van der Waals surface area (Å²) in [6.45, 7) is 7.49. The number of piperazine rings is 1. The van der Waals surface area contributed by atoms with E-state index in [0.29, 0.717) is 6.54 Å². The highest BCUT2D eigenvalue weighted by molar-refractivity contribution is 6.00. The molecule has 0 aliphatic carbocycles. The Labute approximate surface area is 113 Å². The molecular weight excluding hydrogens is 240 g/mol. The van der Waals surface area contributed by atoms with Crippen molar-refractivity contribution >= 4 is 11.8 Å². The minimum atomic E-state index is -0.987. The van der Waals surface area contributed by atoms with Gasteiger partial charge in [-0.15, -0.1) is 6.58 Å². The van der Waals surface area contributed by atoms with Gasteiger partial charge in [0.25, 0.3) is 5.91 Å². The van der Waals surface area contributed by atoms with Crippen molar-refractivity contribution in [2.75, 3.05) is 6.54 Å². The lowest BCUT2D eigenvalue weighted by atomic mass is 9.86. The van der Waals surface area contributed by atoms with Gasteiger partial charge in [0.1, 0.15) is 11.6 Å². The lowest BCUT2D eigenvalue weighted by molar-refractivity contribution is -0.155. The summed E-state index contributed by atoms with van der Waals surface area (Å²) in [5.74, 6) is -0.251. The molecule has 1 aromatic rings. The van der Waals surface area contributed by atoms with Gasteiger partial charge in [-0.05, 0) is 19.4 Å². The van der Waals surface area contributed by atoms with Crippen molar-refractivity contribution < 1.29 is 9.59 Å². The molecule has 1 N–H and O–H groups in total. The van der Waals surface area contributed by atoms with Crippen molar-refractivity contribution in [2.45, 2.75) is 25.4 Å². The number of carbonyl (C=O) groups is 2. The number of hydrogen-bond donors (Lipinski definition) is 1. The van der Waals surface area contributed by atoms with E-state index in [1.165, 1.54) is 0 Å². The van der Waals surface area contributed by atoms with Crippen LogP contribution < -0.4 is 5.32 Å². The standard InChI is InChI=1S/C15H18N2O2/c1-4-10-17-13(18)11(2)16-14(19)15(17,3)12-8-6-5-7-9-12/h4-9,11H,1,10H2,2-3H3,(H,16,19). The van der Waals surface area contributed by atoms with Crippen LogP contribution in [0.5, 0.6) is 0 Å². The fraction of sp³-hybridized carbons (Fsp3) is 0.333. The lowest BCUT2D eigenvalue weighted by Crippen LogP contribution is -2.67. The molecule has 2 atom stereocenters. The van der Waals surface area contributed by atoms with Gasteiger partial charge < -0.3 is 10.2 Å². The Bertz CT molecular complexity index is 512. The lowest BCUT2D eigenvalue weighted by Gasteiger charge is -2.45. The van der Waals surface area contributed by atoms with Crippen LogP contribution >= 0.6 is 0 Å². The number of nitrogens with one attached hydrogen (secondary N) is 1. The summed E-state index contributed by atoms with van der Waals surface area (Å²) in [5.41, 5.74) is -0.187. The number of benzene rings is 1. The Balaban J connectivity index is 2.52. The van der Waals surface area contributed by atoms with Crippen LogP contribution in [0.3, 0.4) is 0 Å². The van der Waals surface area contributed by atoms with Gasteiger partial charge in [0.2, 0.25) is 5.91 Å². The molecule has 2 unspecified atom stereocenters. The maximum atomic E-state index is 12.4. The van der Waals surface area contributed by atoms with Crippen molar-refractivity contribution in [3.63, 3.8) is 0 Å². The SMILES string of the molecule is C=CCN1C(=O)C(C)NC(=O)C1(C)c1ccccc1. The predicted octanol–water partition coefficient (Wildman–Crippen LogP) is 1.43. The largest absolute Gasteiger partial charge is 0.342 e. The maximum Gasteiger partial charge on any atom is 0.251 e. The van der Waals surface area contributed by atoms with E-state index in [-0.39, 0.29) is 11.8 Å². The first-order chi connectivity index (χ1) is 9.01. The van der Waals surface area contributed by atoms with E-state index in [9.17, 15) is 9.59 Å². The zero-order valence-electron chi connectivity index (χ0n) is 11.2. The number of nitrogens with zero attached hydrogens (tertiary/aromatic N) is 1. The molecule has 1 aromatic carbocycles. The molecule has 2 rings (SSSR count). The molecule has 0 aromatic heterocycles. The Hall–Kier alpha value is -2.10. The average Bonchev–Trinajstić information content (AvgIpc) is 2.42. The first-order valence-corrected chi connectivity index (χ1v) is 6.30. The Morgan fingerprint density at radius 1 is 1.37 bits per heavy atom. The molecule has 4 nitrogen and oxygen atoms in total. The molecule has 1 aliphatic heterocycles. The molecule has 2 amide bonds. The molecule has 1 saturated heterocycles. The topological polar surface area (TPSA) is 49.4 Å². The highest BCUT2D eigenvalue weighted by Gasteiger charge is 2.48. The average molecular weight is 258 g/mol. The van der Waals surface area contributed by atoms with Crippen LogP contribution in [0, 0.1) is 0 Å². The van der Waals surface area contributed by atoms with Gasteiger partial charge in [-0.2, -0.15) is 0 Å². The molecule has 4 heteroatoms. The fourth-order valence-electron chi connectivity index (χ4n) is 2.43. The summed E-state index contributed by atoms with van der Waals surface area (Å²) in [6, 6.07) is 8.84. The summed E-state index contributed by atoms with van der Waals surface area (Å²) in [5, 5.41) is 2.74. The minimum absolute atomic E-state index is 0.0918. The number of carbonyl (C=O) groups excluding carboxylic acids is 2. The first kappa shape index (κ1) is 13.3. The van der Waals surface area contributed by atoms with Crippen LogP contribution in [-0.2, 0) is 15.1 Å². The predicted molar refractivity (Wildman–Crippen MR) is 73.3 cm³/mol. The molecule has 0 bridgehead atoms. The summed E-state index contributed by atoms with van der Waals surface area (Å²) >= 11 is 0. The fourth-order valence-corrected chi connectivity index (χ4v) is 2.43. The van der Waals surface area contributed by atoms with Crippen LogP contribution in [0.25, 0.3) is 0 Å². The second-order valence-corrected chi connectivity index (χ2v) is 4.87. The summed E-state index contributed by atoms with van der Waals surface area (Å²) in [6.07, 6.45) is 1.64. The molecule has 100 valence electrons. The summed E-state index contributed by atoms with van der Waals surface area (Å²) < 4.78 is 0. The van der Waals surface area contributed by atoms with Crippen molar-refractivity contribution in [1.82, 2.24) is 10.2 Å². The van der Waals surface area contributed by atoms with E-state index in [1.807, 2.05) is 30.3 Å². The number of amides is 2. The molecular formula is C15H18N2O2. The third-order valence-electron chi connectivity index (χ3n) is 3.61. The van der Waals surface area contributed by atoms with Crippen LogP contribution in [0.15, 0.2) is 43.0 Å². The number of hydrogen-bond acceptors (Lipinski definition) is 2. The Morgan fingerprint density at radius 2 is 2.00 bits per heavy atom. The zero-order valence-corrected chi connectivity index (χ0v) is 11.2. The first-order valence-electron chi connectivity index (χ1n) is 6.30. The summed E-state index contributed by atoms with van der Waals surface area (Å²) in [7, 11) is 0. The Morgan fingerprint density at radius 3 is 2.58 bits per heavy atom. The normalized spacial score (nSPS) is 27.1. The van der Waals surface area contributed by atoms with E-state index in [4.69, 9.17) is 0 Å².